The van der Waals surface area contributed by atoms with Crippen molar-refractivity contribution >= 4 is 6.21 Å². The lowest BCUT2D eigenvalue weighted by Gasteiger charge is -2.04. The van der Waals surface area contributed by atoms with Gasteiger partial charge >= 0.3 is 0 Å². The van der Waals surface area contributed by atoms with E-state index >= 15 is 0 Å². The minimum Gasteiger partial charge on any atom is -0.313 e. The van der Waals surface area contributed by atoms with Gasteiger partial charge in [0, 0.05) is 0 Å². The SMILES string of the molecule is CCC1(CC=N)CC1. The average molecular weight is 111 g/mol. The highest BCUT2D eigenvalue weighted by atomic mass is 14.5. The Morgan fingerprint density at radius 2 is 2.25 bits per heavy atom. The maximum atomic E-state index is 6.88. The predicted octanol–water partition coefficient (Wildman–Crippen LogP) is 2.22. The van der Waals surface area contributed by atoms with Gasteiger partial charge in [-0.3, -0.25) is 0 Å². The first-order valence-corrected chi connectivity index (χ1v) is 3.32. The van der Waals surface area contributed by atoms with Crippen molar-refractivity contribution in [1.29, 1.82) is 5.41 Å². The fourth-order valence-corrected chi connectivity index (χ4v) is 1.10. The van der Waals surface area contributed by atoms with Crippen molar-refractivity contribution in [1.82, 2.24) is 0 Å². The number of hydrogen-bond donors (Lipinski definition) is 1. The van der Waals surface area contributed by atoms with Gasteiger partial charge in [-0.1, -0.05) is 13.3 Å². The Morgan fingerprint density at radius 1 is 1.62 bits per heavy atom. The third-order valence-electron chi connectivity index (χ3n) is 2.24. The summed E-state index contributed by atoms with van der Waals surface area (Å²) in [7, 11) is 0. The summed E-state index contributed by atoms with van der Waals surface area (Å²) in [5.41, 5.74) is 0.599. The van der Waals surface area contributed by atoms with Crippen molar-refractivity contribution in [3.05, 3.63) is 0 Å². The summed E-state index contributed by atoms with van der Waals surface area (Å²) in [6.07, 6.45) is 6.56. The lowest BCUT2D eigenvalue weighted by Crippen LogP contribution is -1.96. The van der Waals surface area contributed by atoms with Crippen molar-refractivity contribution in [2.75, 3.05) is 0 Å². The molecule has 0 aliphatic heterocycles. The van der Waals surface area contributed by atoms with E-state index in [4.69, 9.17) is 5.41 Å². The molecule has 0 unspecified atom stereocenters. The van der Waals surface area contributed by atoms with Crippen molar-refractivity contribution in [3.63, 3.8) is 0 Å². The van der Waals surface area contributed by atoms with Gasteiger partial charge in [0.15, 0.2) is 0 Å². The fraction of sp³-hybridized carbons (Fsp3) is 0.857. The summed E-state index contributed by atoms with van der Waals surface area (Å²) in [4.78, 5) is 0. The van der Waals surface area contributed by atoms with Crippen LogP contribution in [0.2, 0.25) is 0 Å². The number of rotatable bonds is 3. The van der Waals surface area contributed by atoms with Crippen LogP contribution in [0, 0.1) is 10.8 Å². The fourth-order valence-electron chi connectivity index (χ4n) is 1.10. The zero-order valence-electron chi connectivity index (χ0n) is 5.41. The molecule has 1 nitrogen and oxygen atoms in total. The van der Waals surface area contributed by atoms with E-state index in [1.807, 2.05) is 0 Å². The molecule has 1 aliphatic carbocycles. The van der Waals surface area contributed by atoms with Crippen LogP contribution >= 0.6 is 0 Å². The molecular weight excluding hydrogens is 98.1 g/mol. The van der Waals surface area contributed by atoms with Crippen LogP contribution in [0.3, 0.4) is 0 Å². The largest absolute Gasteiger partial charge is 0.313 e. The van der Waals surface area contributed by atoms with Gasteiger partial charge in [-0.2, -0.15) is 0 Å². The smallest absolute Gasteiger partial charge is 0.00422 e. The van der Waals surface area contributed by atoms with Crippen molar-refractivity contribution in [3.8, 4) is 0 Å². The van der Waals surface area contributed by atoms with Gasteiger partial charge < -0.3 is 5.41 Å². The van der Waals surface area contributed by atoms with E-state index in [9.17, 15) is 0 Å². The topological polar surface area (TPSA) is 23.9 Å². The molecular formula is C7H13N. The Bertz CT molecular complexity index is 92.6. The highest BCUT2D eigenvalue weighted by molar-refractivity contribution is 5.54. The molecule has 1 aliphatic rings. The van der Waals surface area contributed by atoms with Gasteiger partial charge in [0.05, 0.1) is 0 Å². The molecule has 0 aromatic rings. The van der Waals surface area contributed by atoms with Gasteiger partial charge in [-0.05, 0) is 30.9 Å². The van der Waals surface area contributed by atoms with Crippen molar-refractivity contribution < 1.29 is 0 Å². The molecule has 1 heteroatoms. The van der Waals surface area contributed by atoms with Gasteiger partial charge in [0.25, 0.3) is 0 Å². The van der Waals surface area contributed by atoms with Crippen LogP contribution in [0.1, 0.15) is 32.6 Å². The second kappa shape index (κ2) is 1.88. The average Bonchev–Trinajstić information content (AvgIpc) is 2.50. The molecule has 1 rings (SSSR count). The second-order valence-corrected chi connectivity index (χ2v) is 2.76. The van der Waals surface area contributed by atoms with E-state index in [-0.39, 0.29) is 0 Å². The monoisotopic (exact) mass is 111 g/mol. The van der Waals surface area contributed by atoms with Gasteiger partial charge in [0.2, 0.25) is 0 Å². The van der Waals surface area contributed by atoms with Gasteiger partial charge in [0.1, 0.15) is 0 Å². The predicted molar refractivity (Wildman–Crippen MR) is 35.4 cm³/mol. The van der Waals surface area contributed by atoms with Gasteiger partial charge in [-0.15, -0.1) is 0 Å². The van der Waals surface area contributed by atoms with Crippen LogP contribution in [0.15, 0.2) is 0 Å². The first-order valence-electron chi connectivity index (χ1n) is 3.32. The summed E-state index contributed by atoms with van der Waals surface area (Å²) in [5.74, 6) is 0. The summed E-state index contributed by atoms with van der Waals surface area (Å²) < 4.78 is 0. The summed E-state index contributed by atoms with van der Waals surface area (Å²) in [6.45, 7) is 2.22. The second-order valence-electron chi connectivity index (χ2n) is 2.76. The molecule has 0 saturated heterocycles. The molecule has 8 heavy (non-hydrogen) atoms. The Labute approximate surface area is 50.6 Å². The minimum absolute atomic E-state index is 0.599. The third-order valence-corrected chi connectivity index (χ3v) is 2.24. The van der Waals surface area contributed by atoms with Crippen LogP contribution in [0.4, 0.5) is 0 Å². The zero-order chi connectivity index (χ0) is 6.04. The van der Waals surface area contributed by atoms with Crippen LogP contribution in [-0.2, 0) is 0 Å². The Hall–Kier alpha value is -0.330. The molecule has 1 fully saturated rings. The molecule has 0 heterocycles. The normalized spacial score (nSPS) is 22.6. The lowest BCUT2D eigenvalue weighted by molar-refractivity contribution is 0.517. The van der Waals surface area contributed by atoms with Crippen LogP contribution in [0.25, 0.3) is 0 Å². The van der Waals surface area contributed by atoms with E-state index in [0.29, 0.717) is 5.41 Å². The summed E-state index contributed by atoms with van der Waals surface area (Å²) in [5, 5.41) is 6.88. The van der Waals surface area contributed by atoms with E-state index in [1.54, 1.807) is 6.21 Å². The molecule has 0 aromatic heterocycles. The molecule has 1 saturated carbocycles. The standard InChI is InChI=1S/C7H13N/c1-2-7(3-4-7)5-6-8/h6,8H,2-5H2,1H3. The summed E-state index contributed by atoms with van der Waals surface area (Å²) in [6, 6.07) is 0. The molecule has 0 bridgehead atoms. The van der Waals surface area contributed by atoms with E-state index in [2.05, 4.69) is 6.92 Å². The maximum Gasteiger partial charge on any atom is -0.00422 e. The van der Waals surface area contributed by atoms with E-state index in [1.165, 1.54) is 19.3 Å². The number of nitrogens with one attached hydrogen (secondary N) is 1. The van der Waals surface area contributed by atoms with Gasteiger partial charge in [-0.25, -0.2) is 0 Å². The Kier molecular flexibility index (Phi) is 1.37. The van der Waals surface area contributed by atoms with Crippen LogP contribution in [-0.4, -0.2) is 6.21 Å². The first-order chi connectivity index (χ1) is 3.83. The molecule has 0 spiro atoms. The third kappa shape index (κ3) is 0.908. The molecule has 46 valence electrons. The highest BCUT2D eigenvalue weighted by Gasteiger charge is 2.39. The first kappa shape index (κ1) is 5.80. The van der Waals surface area contributed by atoms with Crippen LogP contribution < -0.4 is 0 Å². The molecule has 0 amide bonds. The molecule has 0 atom stereocenters. The van der Waals surface area contributed by atoms with Crippen molar-refractivity contribution in [2.24, 2.45) is 5.41 Å². The Morgan fingerprint density at radius 3 is 2.38 bits per heavy atom. The molecule has 0 aromatic carbocycles. The van der Waals surface area contributed by atoms with E-state index < -0.39 is 0 Å². The molecule has 0 radical (unpaired) electrons. The lowest BCUT2D eigenvalue weighted by atomic mass is 10.0. The van der Waals surface area contributed by atoms with Crippen LogP contribution in [0.5, 0.6) is 0 Å². The molecule has 1 N–H and O–H groups in total. The zero-order valence-corrected chi connectivity index (χ0v) is 5.41. The highest BCUT2D eigenvalue weighted by Crippen LogP contribution is 2.50. The Balaban J connectivity index is 2.29. The van der Waals surface area contributed by atoms with Crippen molar-refractivity contribution in [2.45, 2.75) is 32.6 Å². The quantitative estimate of drug-likeness (QED) is 0.540. The van der Waals surface area contributed by atoms with E-state index in [0.717, 1.165) is 6.42 Å². The minimum atomic E-state index is 0.599. The maximum absolute atomic E-state index is 6.88. The number of hydrogen-bond acceptors (Lipinski definition) is 1. The summed E-state index contributed by atoms with van der Waals surface area (Å²) >= 11 is 0.